The van der Waals surface area contributed by atoms with E-state index in [4.69, 9.17) is 0 Å². The van der Waals surface area contributed by atoms with Crippen LogP contribution >= 0.6 is 0 Å². The molecule has 0 unspecified atom stereocenters. The van der Waals surface area contributed by atoms with Gasteiger partial charge in [-0.2, -0.15) is 0 Å². The van der Waals surface area contributed by atoms with Crippen molar-refractivity contribution in [1.82, 2.24) is 15.2 Å². The van der Waals surface area contributed by atoms with Crippen molar-refractivity contribution < 1.29 is 9.59 Å². The van der Waals surface area contributed by atoms with Gasteiger partial charge in [0.2, 0.25) is 11.8 Å². The maximum atomic E-state index is 11.7. The lowest BCUT2D eigenvalue weighted by Gasteiger charge is -2.19. The Morgan fingerprint density at radius 1 is 1.50 bits per heavy atom. The quantitative estimate of drug-likeness (QED) is 0.833. The highest BCUT2D eigenvalue weighted by Gasteiger charge is 2.31. The van der Waals surface area contributed by atoms with Gasteiger partial charge in [0, 0.05) is 31.9 Å². The molecule has 1 aliphatic carbocycles. The van der Waals surface area contributed by atoms with Crippen molar-refractivity contribution in [3.8, 4) is 0 Å². The van der Waals surface area contributed by atoms with E-state index in [1.165, 1.54) is 6.92 Å². The van der Waals surface area contributed by atoms with Gasteiger partial charge in [-0.15, -0.1) is 0 Å². The predicted octanol–water partition coefficient (Wildman–Crippen LogP) is 0.709. The Morgan fingerprint density at radius 3 is 2.83 bits per heavy atom. The molecule has 1 saturated carbocycles. The molecule has 0 bridgehead atoms. The average Bonchev–Trinajstić information content (AvgIpc) is 3.18. The number of aromatic nitrogens is 1. The molecule has 0 aromatic carbocycles. The summed E-state index contributed by atoms with van der Waals surface area (Å²) in [4.78, 5) is 28.7. The van der Waals surface area contributed by atoms with E-state index in [0.29, 0.717) is 6.54 Å². The first kappa shape index (κ1) is 12.5. The normalized spacial score (nSPS) is 14.1. The largest absolute Gasteiger partial charge is 0.350 e. The number of nitrogens with zero attached hydrogens (tertiary/aromatic N) is 2. The molecule has 1 fully saturated rings. The first-order valence-corrected chi connectivity index (χ1v) is 6.09. The lowest BCUT2D eigenvalue weighted by molar-refractivity contribution is -0.134. The summed E-state index contributed by atoms with van der Waals surface area (Å²) >= 11 is 0. The zero-order chi connectivity index (χ0) is 13.0. The van der Waals surface area contributed by atoms with Crippen molar-refractivity contribution in [2.45, 2.75) is 32.4 Å². The minimum Gasteiger partial charge on any atom is -0.350 e. The number of carbonyl (C=O) groups is 2. The maximum absolute atomic E-state index is 11.7. The molecule has 0 atom stereocenters. The van der Waals surface area contributed by atoms with Crippen molar-refractivity contribution in [3.05, 3.63) is 30.1 Å². The fourth-order valence-electron chi connectivity index (χ4n) is 1.80. The molecule has 96 valence electrons. The molecule has 0 aliphatic heterocycles. The Balaban J connectivity index is 1.79. The van der Waals surface area contributed by atoms with Gasteiger partial charge < -0.3 is 10.2 Å². The topological polar surface area (TPSA) is 62.3 Å². The molecule has 5 nitrogen and oxygen atoms in total. The van der Waals surface area contributed by atoms with E-state index >= 15 is 0 Å². The van der Waals surface area contributed by atoms with Gasteiger partial charge in [-0.3, -0.25) is 14.6 Å². The number of hydrogen-bond donors (Lipinski definition) is 1. The number of carbonyl (C=O) groups excluding carboxylic acids is 2. The van der Waals surface area contributed by atoms with Crippen LogP contribution in [0.4, 0.5) is 0 Å². The molecule has 1 N–H and O–H groups in total. The molecular weight excluding hydrogens is 230 g/mol. The second kappa shape index (κ2) is 5.62. The summed E-state index contributed by atoms with van der Waals surface area (Å²) in [6.45, 7) is 2.11. The van der Waals surface area contributed by atoms with Gasteiger partial charge in [0.25, 0.3) is 0 Å². The average molecular weight is 247 g/mol. The van der Waals surface area contributed by atoms with E-state index in [9.17, 15) is 9.59 Å². The molecule has 0 saturated heterocycles. The van der Waals surface area contributed by atoms with Crippen LogP contribution in [0.15, 0.2) is 24.5 Å². The second-order valence-corrected chi connectivity index (χ2v) is 4.52. The third-order valence-corrected chi connectivity index (χ3v) is 2.92. The van der Waals surface area contributed by atoms with Crippen molar-refractivity contribution in [2.75, 3.05) is 6.54 Å². The fraction of sp³-hybridized carbons (Fsp3) is 0.462. The monoisotopic (exact) mass is 247 g/mol. The lowest BCUT2D eigenvalue weighted by Crippen LogP contribution is -2.40. The van der Waals surface area contributed by atoms with E-state index in [1.807, 2.05) is 12.1 Å². The van der Waals surface area contributed by atoms with E-state index < -0.39 is 0 Å². The molecule has 1 heterocycles. The minimum atomic E-state index is -0.124. The van der Waals surface area contributed by atoms with Crippen LogP contribution in [0.2, 0.25) is 0 Å². The Hall–Kier alpha value is -1.91. The Kier molecular flexibility index (Phi) is 3.92. The van der Waals surface area contributed by atoms with Gasteiger partial charge in [-0.1, -0.05) is 6.07 Å². The summed E-state index contributed by atoms with van der Waals surface area (Å²) in [5.41, 5.74) is 0.951. The second-order valence-electron chi connectivity index (χ2n) is 4.52. The van der Waals surface area contributed by atoms with Gasteiger partial charge in [0.05, 0.1) is 6.54 Å². The van der Waals surface area contributed by atoms with E-state index in [2.05, 4.69) is 10.3 Å². The summed E-state index contributed by atoms with van der Waals surface area (Å²) < 4.78 is 0. The van der Waals surface area contributed by atoms with Gasteiger partial charge in [-0.25, -0.2) is 0 Å². The third-order valence-electron chi connectivity index (χ3n) is 2.92. The summed E-state index contributed by atoms with van der Waals surface area (Å²) in [7, 11) is 0. The Morgan fingerprint density at radius 2 is 2.28 bits per heavy atom. The van der Waals surface area contributed by atoms with E-state index in [-0.39, 0.29) is 24.4 Å². The first-order chi connectivity index (χ1) is 8.66. The summed E-state index contributed by atoms with van der Waals surface area (Å²) in [5, 5.41) is 2.79. The Bertz CT molecular complexity index is 429. The lowest BCUT2D eigenvalue weighted by atomic mass is 10.3. The Labute approximate surface area is 106 Å². The van der Waals surface area contributed by atoms with Crippen molar-refractivity contribution in [2.24, 2.45) is 0 Å². The van der Waals surface area contributed by atoms with Gasteiger partial charge in [0.1, 0.15) is 0 Å². The summed E-state index contributed by atoms with van der Waals surface area (Å²) in [6, 6.07) is 4.00. The molecule has 5 heteroatoms. The van der Waals surface area contributed by atoms with Crippen LogP contribution in [-0.2, 0) is 16.1 Å². The number of amides is 2. The van der Waals surface area contributed by atoms with Crippen molar-refractivity contribution >= 4 is 11.8 Å². The van der Waals surface area contributed by atoms with Crippen LogP contribution in [0.5, 0.6) is 0 Å². The zero-order valence-corrected chi connectivity index (χ0v) is 10.4. The highest BCUT2D eigenvalue weighted by atomic mass is 16.2. The smallest absolute Gasteiger partial charge is 0.239 e. The molecular formula is C13H17N3O2. The van der Waals surface area contributed by atoms with Crippen LogP contribution in [0.1, 0.15) is 25.3 Å². The first-order valence-electron chi connectivity index (χ1n) is 6.09. The summed E-state index contributed by atoms with van der Waals surface area (Å²) in [5.74, 6) is -0.157. The van der Waals surface area contributed by atoms with Crippen LogP contribution < -0.4 is 5.32 Å². The highest BCUT2D eigenvalue weighted by molar-refractivity contribution is 5.84. The van der Waals surface area contributed by atoms with Gasteiger partial charge >= 0.3 is 0 Å². The fourth-order valence-corrected chi connectivity index (χ4v) is 1.80. The van der Waals surface area contributed by atoms with Crippen molar-refractivity contribution in [3.63, 3.8) is 0 Å². The number of hydrogen-bond acceptors (Lipinski definition) is 3. The van der Waals surface area contributed by atoms with Crippen LogP contribution in [0.25, 0.3) is 0 Å². The third kappa shape index (κ3) is 3.55. The van der Waals surface area contributed by atoms with Crippen molar-refractivity contribution in [1.29, 1.82) is 0 Å². The van der Waals surface area contributed by atoms with Gasteiger partial charge in [-0.05, 0) is 24.5 Å². The van der Waals surface area contributed by atoms with E-state index in [0.717, 1.165) is 18.4 Å². The predicted molar refractivity (Wildman–Crippen MR) is 66.5 cm³/mol. The number of rotatable bonds is 5. The molecule has 2 amide bonds. The molecule has 1 aliphatic rings. The number of pyridine rings is 1. The maximum Gasteiger partial charge on any atom is 0.239 e. The van der Waals surface area contributed by atoms with Crippen LogP contribution in [0.3, 0.4) is 0 Å². The van der Waals surface area contributed by atoms with Crippen LogP contribution in [-0.4, -0.2) is 34.3 Å². The SMILES string of the molecule is CC(=O)N(CC(=O)NCc1cccnc1)C1CC1. The minimum absolute atomic E-state index is 0.0333. The molecule has 1 aromatic rings. The van der Waals surface area contributed by atoms with Gasteiger partial charge in [0.15, 0.2) is 0 Å². The highest BCUT2D eigenvalue weighted by Crippen LogP contribution is 2.26. The van der Waals surface area contributed by atoms with E-state index in [1.54, 1.807) is 17.3 Å². The molecule has 2 rings (SSSR count). The zero-order valence-electron chi connectivity index (χ0n) is 10.4. The molecule has 0 spiro atoms. The van der Waals surface area contributed by atoms with Crippen LogP contribution in [0, 0.1) is 0 Å². The number of nitrogens with one attached hydrogen (secondary N) is 1. The molecule has 0 radical (unpaired) electrons. The standard InChI is InChI=1S/C13H17N3O2/c1-10(17)16(12-4-5-12)9-13(18)15-8-11-3-2-6-14-7-11/h2-3,6-7,12H,4-5,8-9H2,1H3,(H,15,18). The summed E-state index contributed by atoms with van der Waals surface area (Å²) in [6.07, 6.45) is 5.42. The molecule has 1 aromatic heterocycles. The molecule has 18 heavy (non-hydrogen) atoms.